The van der Waals surface area contributed by atoms with Crippen LogP contribution >= 0.6 is 0 Å². The number of hydrogen-bond acceptors (Lipinski definition) is 4. The lowest BCUT2D eigenvalue weighted by atomic mass is 9.34. The molecule has 0 bridgehead atoms. The molecule has 0 radical (unpaired) electrons. The summed E-state index contributed by atoms with van der Waals surface area (Å²) in [6, 6.07) is 0. The Labute approximate surface area is 216 Å². The van der Waals surface area contributed by atoms with E-state index < -0.39 is 11.4 Å². The van der Waals surface area contributed by atoms with Gasteiger partial charge in [0, 0.05) is 5.92 Å². The molecule has 0 saturated heterocycles. The fourth-order valence-electron chi connectivity index (χ4n) is 10.1. The summed E-state index contributed by atoms with van der Waals surface area (Å²) < 4.78 is 5.80. The molecule has 200 valence electrons. The molecule has 5 aliphatic rings. The molecule has 0 heterocycles. The molecule has 8 atom stereocenters. The van der Waals surface area contributed by atoms with Gasteiger partial charge in [-0.1, -0.05) is 47.6 Å². The molecule has 0 aromatic carbocycles. The fourth-order valence-corrected chi connectivity index (χ4v) is 10.1. The van der Waals surface area contributed by atoms with Gasteiger partial charge in [-0.3, -0.25) is 9.59 Å². The number of carboxylic acid groups (broad SMARTS) is 1. The van der Waals surface area contributed by atoms with Crippen LogP contribution in [0, 0.1) is 44.3 Å². The van der Waals surface area contributed by atoms with Crippen molar-refractivity contribution in [1.82, 2.24) is 0 Å². The van der Waals surface area contributed by atoms with Crippen molar-refractivity contribution in [2.45, 2.75) is 106 Å². The Morgan fingerprint density at radius 1 is 0.944 bits per heavy atom. The van der Waals surface area contributed by atoms with E-state index in [2.05, 4.69) is 41.5 Å². The number of carbonyl (C=O) groups is 2. The highest BCUT2D eigenvalue weighted by Gasteiger charge is 2.69. The van der Waals surface area contributed by atoms with Crippen molar-refractivity contribution in [3.8, 4) is 0 Å². The number of rotatable bonds is 3. The molecular formula is C31H46O5. The third-order valence-electron chi connectivity index (χ3n) is 12.7. The van der Waals surface area contributed by atoms with Gasteiger partial charge in [-0.25, -0.2) is 0 Å². The van der Waals surface area contributed by atoms with Gasteiger partial charge in [0.15, 0.2) is 5.78 Å². The summed E-state index contributed by atoms with van der Waals surface area (Å²) in [6.07, 6.45) is 11.4. The first-order chi connectivity index (χ1) is 16.6. The van der Waals surface area contributed by atoms with Crippen molar-refractivity contribution < 1.29 is 24.5 Å². The van der Waals surface area contributed by atoms with Crippen LogP contribution in [0.5, 0.6) is 0 Å². The number of fused-ring (bicyclic) bond motifs is 7. The maximum atomic E-state index is 14.3. The van der Waals surface area contributed by atoms with Gasteiger partial charge in [0.25, 0.3) is 0 Å². The molecule has 3 saturated carbocycles. The van der Waals surface area contributed by atoms with Gasteiger partial charge >= 0.3 is 5.97 Å². The second kappa shape index (κ2) is 7.79. The van der Waals surface area contributed by atoms with E-state index in [1.807, 2.05) is 19.1 Å². The number of aliphatic carboxylic acids is 1. The highest BCUT2D eigenvalue weighted by molar-refractivity contribution is 5.96. The topological polar surface area (TPSA) is 83.8 Å². The minimum Gasteiger partial charge on any atom is -0.481 e. The van der Waals surface area contributed by atoms with Crippen LogP contribution in [-0.4, -0.2) is 34.9 Å². The van der Waals surface area contributed by atoms with Gasteiger partial charge in [0.2, 0.25) is 0 Å². The number of aliphatic hydroxyl groups is 1. The molecule has 0 aliphatic heterocycles. The lowest BCUT2D eigenvalue weighted by molar-refractivity contribution is -0.215. The van der Waals surface area contributed by atoms with Crippen LogP contribution in [0.1, 0.15) is 99.8 Å². The average Bonchev–Trinajstić information content (AvgIpc) is 2.78. The predicted molar refractivity (Wildman–Crippen MR) is 139 cm³/mol. The van der Waals surface area contributed by atoms with Crippen molar-refractivity contribution in [1.29, 1.82) is 0 Å². The number of ether oxygens (including phenoxy) is 1. The Morgan fingerprint density at radius 3 is 2.25 bits per heavy atom. The molecule has 5 aliphatic carbocycles. The minimum absolute atomic E-state index is 0.00166. The highest BCUT2D eigenvalue weighted by atomic mass is 16.6. The molecule has 5 heteroatoms. The zero-order chi connectivity index (χ0) is 26.5. The lowest BCUT2D eigenvalue weighted by Crippen LogP contribution is -2.66. The van der Waals surface area contributed by atoms with E-state index in [-0.39, 0.29) is 51.7 Å². The largest absolute Gasteiger partial charge is 0.481 e. The van der Waals surface area contributed by atoms with Gasteiger partial charge < -0.3 is 14.9 Å². The fraction of sp³-hybridized carbons (Fsp3) is 0.806. The summed E-state index contributed by atoms with van der Waals surface area (Å²) in [5.41, 5.74) is 0.719. The van der Waals surface area contributed by atoms with Crippen LogP contribution < -0.4 is 0 Å². The summed E-state index contributed by atoms with van der Waals surface area (Å²) in [4.78, 5) is 26.5. The molecule has 0 spiro atoms. The average molecular weight is 499 g/mol. The molecule has 0 amide bonds. The van der Waals surface area contributed by atoms with E-state index in [0.29, 0.717) is 12.3 Å². The Hall–Kier alpha value is -1.46. The van der Waals surface area contributed by atoms with Crippen molar-refractivity contribution in [3.63, 3.8) is 0 Å². The monoisotopic (exact) mass is 498 g/mol. The smallest absolute Gasteiger partial charge is 0.313 e. The Morgan fingerprint density at radius 2 is 1.61 bits per heavy atom. The van der Waals surface area contributed by atoms with Crippen molar-refractivity contribution in [2.75, 3.05) is 6.79 Å². The van der Waals surface area contributed by atoms with Gasteiger partial charge in [0.05, 0.1) is 11.5 Å². The van der Waals surface area contributed by atoms with Crippen LogP contribution in [0.3, 0.4) is 0 Å². The normalized spacial score (nSPS) is 49.6. The summed E-state index contributed by atoms with van der Waals surface area (Å²) in [5.74, 6) is -0.254. The second-order valence-corrected chi connectivity index (χ2v) is 14.7. The SMILES string of the molecule is CC1(C)C2CC[C@]3(C)C(C(=O)C=C4C5=C[C@@](C)(C(=O)O)CC[C@]5(C)CC[C@]43C)[C@@]2(C)CC[C@@H]1OCO. The third-order valence-corrected chi connectivity index (χ3v) is 12.7. The van der Waals surface area contributed by atoms with Crippen molar-refractivity contribution in [2.24, 2.45) is 44.3 Å². The molecule has 3 fully saturated rings. The molecule has 0 aromatic heterocycles. The number of ketones is 1. The van der Waals surface area contributed by atoms with E-state index in [1.165, 1.54) is 0 Å². The second-order valence-electron chi connectivity index (χ2n) is 14.7. The molecule has 5 rings (SSSR count). The Kier molecular flexibility index (Phi) is 5.66. The van der Waals surface area contributed by atoms with Crippen LogP contribution in [0.25, 0.3) is 0 Å². The van der Waals surface area contributed by atoms with Crippen LogP contribution in [0.2, 0.25) is 0 Å². The molecule has 2 N–H and O–H groups in total. The quantitative estimate of drug-likeness (QED) is 0.446. The molecule has 36 heavy (non-hydrogen) atoms. The predicted octanol–water partition coefficient (Wildman–Crippen LogP) is 6.31. The third kappa shape index (κ3) is 3.14. The van der Waals surface area contributed by atoms with E-state index in [4.69, 9.17) is 4.74 Å². The number of carboxylic acids is 1. The van der Waals surface area contributed by atoms with Gasteiger partial charge in [-0.2, -0.15) is 0 Å². The highest BCUT2D eigenvalue weighted by Crippen LogP contribution is 2.74. The van der Waals surface area contributed by atoms with Crippen LogP contribution in [-0.2, 0) is 14.3 Å². The number of aliphatic hydroxyl groups excluding tert-OH is 1. The first kappa shape index (κ1) is 26.2. The zero-order valence-electron chi connectivity index (χ0n) is 23.4. The lowest BCUT2D eigenvalue weighted by Gasteiger charge is -2.69. The minimum atomic E-state index is -0.881. The maximum absolute atomic E-state index is 14.3. The van der Waals surface area contributed by atoms with Gasteiger partial charge in [-0.15, -0.1) is 0 Å². The number of hydrogen-bond donors (Lipinski definition) is 2. The Balaban J connectivity index is 1.63. The molecule has 2 unspecified atom stereocenters. The molecule has 5 nitrogen and oxygen atoms in total. The maximum Gasteiger partial charge on any atom is 0.313 e. The number of carbonyl (C=O) groups excluding carboxylic acids is 1. The van der Waals surface area contributed by atoms with Crippen molar-refractivity contribution >= 4 is 11.8 Å². The van der Waals surface area contributed by atoms with E-state index in [1.54, 1.807) is 0 Å². The molecular weight excluding hydrogens is 452 g/mol. The summed E-state index contributed by atoms with van der Waals surface area (Å²) in [7, 11) is 0. The molecule has 0 aromatic rings. The van der Waals surface area contributed by atoms with Gasteiger partial charge in [-0.05, 0) is 109 Å². The van der Waals surface area contributed by atoms with E-state index in [0.717, 1.165) is 56.1 Å². The Bertz CT molecular complexity index is 1060. The standard InChI is InChI=1S/C31H46O5/c1-26(2)22-8-11-31(7)24(29(22,5)10-9-23(26)36-18-32)21(33)16-19-20-17-28(4,25(34)35)13-12-27(20,3)14-15-30(19,31)6/h16-17,22-24,32H,8-15,18H2,1-7H3,(H,34,35)/t22?,23-,24?,27+,28-,29-,30+,31+/m0/s1. The zero-order valence-corrected chi connectivity index (χ0v) is 23.4. The van der Waals surface area contributed by atoms with E-state index >= 15 is 0 Å². The number of allylic oxidation sites excluding steroid dienone is 3. The summed E-state index contributed by atoms with van der Waals surface area (Å²) in [6.45, 7) is 15.5. The first-order valence-electron chi connectivity index (χ1n) is 14.0. The first-order valence-corrected chi connectivity index (χ1v) is 14.0. The van der Waals surface area contributed by atoms with Crippen LogP contribution in [0.4, 0.5) is 0 Å². The summed E-state index contributed by atoms with van der Waals surface area (Å²) in [5, 5.41) is 19.5. The van der Waals surface area contributed by atoms with E-state index in [9.17, 15) is 19.8 Å². The van der Waals surface area contributed by atoms with Gasteiger partial charge in [0.1, 0.15) is 6.79 Å². The van der Waals surface area contributed by atoms with Crippen molar-refractivity contribution in [3.05, 3.63) is 23.3 Å². The van der Waals surface area contributed by atoms with Crippen LogP contribution in [0.15, 0.2) is 23.3 Å². The summed E-state index contributed by atoms with van der Waals surface area (Å²) >= 11 is 0.